The van der Waals surface area contributed by atoms with E-state index in [1.165, 1.54) is 5.56 Å². The summed E-state index contributed by atoms with van der Waals surface area (Å²) in [6, 6.07) is 2.15. The molecule has 1 aromatic heterocycles. The minimum atomic E-state index is 0.261. The van der Waals surface area contributed by atoms with Gasteiger partial charge in [-0.3, -0.25) is 4.98 Å². The molecule has 0 bridgehead atoms. The molecule has 17 heavy (non-hydrogen) atoms. The van der Waals surface area contributed by atoms with Crippen LogP contribution >= 0.6 is 15.9 Å². The first-order valence-electron chi connectivity index (χ1n) is 6.19. The molecule has 1 heterocycles. The molecule has 0 atom stereocenters. The first-order chi connectivity index (χ1) is 7.89. The summed E-state index contributed by atoms with van der Waals surface area (Å²) in [5, 5.41) is 3.53. The van der Waals surface area contributed by atoms with Crippen LogP contribution in [0.5, 0.6) is 0 Å². The van der Waals surface area contributed by atoms with Crippen LogP contribution < -0.4 is 5.32 Å². The van der Waals surface area contributed by atoms with Crippen molar-refractivity contribution in [3.63, 3.8) is 0 Å². The summed E-state index contributed by atoms with van der Waals surface area (Å²) in [6.45, 7) is 11.2. The lowest BCUT2D eigenvalue weighted by molar-refractivity contribution is 0.330. The Labute approximate surface area is 113 Å². The molecule has 0 fully saturated rings. The second-order valence-corrected chi connectivity index (χ2v) is 6.79. The Hall–Kier alpha value is -0.410. The first kappa shape index (κ1) is 14.7. The third-order valence-electron chi connectivity index (χ3n) is 2.60. The first-order valence-corrected chi connectivity index (χ1v) is 6.98. The lowest BCUT2D eigenvalue weighted by atomic mass is 9.86. The molecule has 0 amide bonds. The highest BCUT2D eigenvalue weighted by Crippen LogP contribution is 2.22. The van der Waals surface area contributed by atoms with Gasteiger partial charge in [-0.1, -0.05) is 27.7 Å². The fourth-order valence-corrected chi connectivity index (χ4v) is 2.28. The van der Waals surface area contributed by atoms with Crippen LogP contribution in [0.4, 0.5) is 0 Å². The van der Waals surface area contributed by atoms with Crippen molar-refractivity contribution in [2.24, 2.45) is 11.3 Å². The van der Waals surface area contributed by atoms with Crippen molar-refractivity contribution in [1.82, 2.24) is 10.3 Å². The van der Waals surface area contributed by atoms with Gasteiger partial charge in [-0.2, -0.15) is 0 Å². The lowest BCUT2D eigenvalue weighted by Gasteiger charge is -2.25. The summed E-state index contributed by atoms with van der Waals surface area (Å²) in [4.78, 5) is 4.21. The highest BCUT2D eigenvalue weighted by molar-refractivity contribution is 9.10. The fourth-order valence-electron chi connectivity index (χ4n) is 1.87. The van der Waals surface area contributed by atoms with E-state index in [0.717, 1.165) is 24.0 Å². The third-order valence-corrected chi connectivity index (χ3v) is 3.03. The van der Waals surface area contributed by atoms with Crippen LogP contribution in [0.2, 0.25) is 0 Å². The Morgan fingerprint density at radius 1 is 1.35 bits per heavy atom. The summed E-state index contributed by atoms with van der Waals surface area (Å²) in [5.41, 5.74) is 1.55. The largest absolute Gasteiger partial charge is 0.316 e. The lowest BCUT2D eigenvalue weighted by Crippen LogP contribution is -2.33. The molecule has 0 aromatic carbocycles. The molecular weight excluding hydrogens is 276 g/mol. The van der Waals surface area contributed by atoms with Crippen LogP contribution in [0.15, 0.2) is 22.9 Å². The molecule has 0 radical (unpaired) electrons. The van der Waals surface area contributed by atoms with Crippen molar-refractivity contribution < 1.29 is 0 Å². The van der Waals surface area contributed by atoms with E-state index < -0.39 is 0 Å². The van der Waals surface area contributed by atoms with Crippen molar-refractivity contribution in [3.05, 3.63) is 28.5 Å². The van der Waals surface area contributed by atoms with E-state index in [2.05, 4.69) is 60.0 Å². The number of nitrogens with zero attached hydrogens (tertiary/aromatic N) is 1. The van der Waals surface area contributed by atoms with E-state index in [0.29, 0.717) is 5.92 Å². The Morgan fingerprint density at radius 3 is 2.65 bits per heavy atom. The maximum absolute atomic E-state index is 4.21. The summed E-state index contributed by atoms with van der Waals surface area (Å²) < 4.78 is 1.06. The Bertz CT molecular complexity index is 348. The van der Waals surface area contributed by atoms with Gasteiger partial charge >= 0.3 is 0 Å². The molecule has 0 aliphatic heterocycles. The van der Waals surface area contributed by atoms with Gasteiger partial charge in [0.25, 0.3) is 0 Å². The van der Waals surface area contributed by atoms with Crippen LogP contribution in [0, 0.1) is 11.3 Å². The second kappa shape index (κ2) is 6.50. The van der Waals surface area contributed by atoms with Gasteiger partial charge < -0.3 is 5.32 Å². The highest BCUT2D eigenvalue weighted by atomic mass is 79.9. The predicted molar refractivity (Wildman–Crippen MR) is 77.1 cm³/mol. The van der Waals surface area contributed by atoms with Gasteiger partial charge in [0, 0.05) is 23.4 Å². The van der Waals surface area contributed by atoms with E-state index in [-0.39, 0.29) is 5.41 Å². The molecule has 3 heteroatoms. The van der Waals surface area contributed by atoms with E-state index in [1.54, 1.807) is 0 Å². The molecule has 96 valence electrons. The zero-order chi connectivity index (χ0) is 12.9. The average Bonchev–Trinajstić information content (AvgIpc) is 2.15. The number of hydrogen-bond acceptors (Lipinski definition) is 2. The van der Waals surface area contributed by atoms with Gasteiger partial charge in [0.2, 0.25) is 0 Å². The summed E-state index contributed by atoms with van der Waals surface area (Å²) >= 11 is 3.46. The van der Waals surface area contributed by atoms with Crippen LogP contribution in [-0.4, -0.2) is 18.1 Å². The number of pyridine rings is 1. The number of nitrogens with one attached hydrogen (secondary N) is 1. The average molecular weight is 299 g/mol. The maximum Gasteiger partial charge on any atom is 0.0410 e. The summed E-state index contributed by atoms with van der Waals surface area (Å²) in [5.74, 6) is 0.707. The van der Waals surface area contributed by atoms with E-state index in [9.17, 15) is 0 Å². The van der Waals surface area contributed by atoms with Crippen molar-refractivity contribution >= 4 is 15.9 Å². The Balaban J connectivity index is 2.48. The zero-order valence-corrected chi connectivity index (χ0v) is 12.8. The Kier molecular flexibility index (Phi) is 5.60. The minimum Gasteiger partial charge on any atom is -0.316 e. The minimum absolute atomic E-state index is 0.261. The predicted octanol–water partition coefficient (Wildman–Crippen LogP) is 3.66. The van der Waals surface area contributed by atoms with Crippen LogP contribution in [0.3, 0.4) is 0 Å². The van der Waals surface area contributed by atoms with Crippen molar-refractivity contribution in [3.8, 4) is 0 Å². The van der Waals surface area contributed by atoms with Gasteiger partial charge in [0.15, 0.2) is 0 Å². The molecule has 0 spiro atoms. The van der Waals surface area contributed by atoms with Gasteiger partial charge in [0.05, 0.1) is 0 Å². The number of rotatable bonds is 6. The van der Waals surface area contributed by atoms with E-state index in [1.807, 2.05) is 12.4 Å². The molecule has 1 aromatic rings. The topological polar surface area (TPSA) is 24.9 Å². The monoisotopic (exact) mass is 298 g/mol. The molecule has 1 N–H and O–H groups in total. The van der Waals surface area contributed by atoms with Crippen LogP contribution in [0.1, 0.15) is 33.3 Å². The third kappa shape index (κ3) is 6.18. The van der Waals surface area contributed by atoms with Gasteiger partial charge in [-0.05, 0) is 51.9 Å². The normalized spacial score (nSPS) is 12.1. The van der Waals surface area contributed by atoms with E-state index >= 15 is 0 Å². The summed E-state index contributed by atoms with van der Waals surface area (Å²) in [7, 11) is 0. The number of aromatic nitrogens is 1. The van der Waals surface area contributed by atoms with Gasteiger partial charge in [-0.25, -0.2) is 0 Å². The maximum atomic E-state index is 4.21. The van der Waals surface area contributed by atoms with E-state index in [4.69, 9.17) is 0 Å². The molecule has 0 aliphatic rings. The summed E-state index contributed by atoms with van der Waals surface area (Å²) in [6.07, 6.45) is 4.83. The zero-order valence-electron chi connectivity index (χ0n) is 11.3. The van der Waals surface area contributed by atoms with Crippen LogP contribution in [0.25, 0.3) is 0 Å². The van der Waals surface area contributed by atoms with Crippen molar-refractivity contribution in [2.75, 3.05) is 13.1 Å². The molecule has 0 unspecified atom stereocenters. The smallest absolute Gasteiger partial charge is 0.0410 e. The molecule has 0 saturated heterocycles. The second-order valence-electron chi connectivity index (χ2n) is 5.88. The fraction of sp³-hybridized carbons (Fsp3) is 0.643. The molecule has 2 nitrogen and oxygen atoms in total. The van der Waals surface area contributed by atoms with Gasteiger partial charge in [0.1, 0.15) is 0 Å². The standard InChI is InChI=1S/C14H23BrN2/c1-11(2)7-17-10-14(3,4)6-12-5-13(15)9-16-8-12/h5,8-9,11,17H,6-7,10H2,1-4H3. The van der Waals surface area contributed by atoms with Crippen molar-refractivity contribution in [2.45, 2.75) is 34.1 Å². The molecule has 0 saturated carbocycles. The molecule has 1 rings (SSSR count). The quantitative estimate of drug-likeness (QED) is 0.867. The highest BCUT2D eigenvalue weighted by Gasteiger charge is 2.18. The van der Waals surface area contributed by atoms with Crippen LogP contribution in [-0.2, 0) is 6.42 Å². The number of hydrogen-bond donors (Lipinski definition) is 1. The number of halogens is 1. The van der Waals surface area contributed by atoms with Gasteiger partial charge in [-0.15, -0.1) is 0 Å². The SMILES string of the molecule is CC(C)CNCC(C)(C)Cc1cncc(Br)c1. The van der Waals surface area contributed by atoms with Crippen molar-refractivity contribution in [1.29, 1.82) is 0 Å². The molecular formula is C14H23BrN2. The Morgan fingerprint density at radius 2 is 2.06 bits per heavy atom. The molecule has 0 aliphatic carbocycles.